The number of ketones is 1. The van der Waals surface area contributed by atoms with E-state index in [4.69, 9.17) is 9.47 Å². The van der Waals surface area contributed by atoms with Crippen molar-refractivity contribution in [1.29, 1.82) is 0 Å². The number of methoxy groups -OCH3 is 2. The van der Waals surface area contributed by atoms with E-state index in [0.717, 1.165) is 24.8 Å². The van der Waals surface area contributed by atoms with Gasteiger partial charge >= 0.3 is 5.97 Å². The molecular weight excluding hydrogens is 356 g/mol. The number of benzene rings is 1. The Bertz CT molecular complexity index is 951. The van der Waals surface area contributed by atoms with Gasteiger partial charge in [0.1, 0.15) is 11.8 Å². The number of ether oxygens (including phenoxy) is 2. The van der Waals surface area contributed by atoms with Gasteiger partial charge in [-0.05, 0) is 30.9 Å². The Morgan fingerprint density at radius 3 is 2.82 bits per heavy atom. The summed E-state index contributed by atoms with van der Waals surface area (Å²) in [5, 5.41) is 1.18. The van der Waals surface area contributed by atoms with Crippen LogP contribution in [0.3, 0.4) is 0 Å². The van der Waals surface area contributed by atoms with Crippen molar-refractivity contribution in [1.82, 2.24) is 9.88 Å². The molecule has 0 radical (unpaired) electrons. The molecule has 1 saturated heterocycles. The van der Waals surface area contributed by atoms with Gasteiger partial charge in [-0.15, -0.1) is 0 Å². The maximum atomic E-state index is 12.8. The molecule has 0 bridgehead atoms. The molecule has 0 spiro atoms. The highest BCUT2D eigenvalue weighted by molar-refractivity contribution is 5.87. The predicted octanol–water partition coefficient (Wildman–Crippen LogP) is 2.91. The van der Waals surface area contributed by atoms with Gasteiger partial charge in [0.05, 0.1) is 18.8 Å². The van der Waals surface area contributed by atoms with Crippen molar-refractivity contribution in [2.75, 3.05) is 14.2 Å². The van der Waals surface area contributed by atoms with Crippen LogP contribution in [0.25, 0.3) is 10.9 Å². The summed E-state index contributed by atoms with van der Waals surface area (Å²) in [6.45, 7) is 0. The number of piperidine rings is 1. The molecule has 3 aliphatic rings. The van der Waals surface area contributed by atoms with E-state index in [1.165, 1.54) is 23.8 Å². The van der Waals surface area contributed by atoms with Gasteiger partial charge in [-0.1, -0.05) is 18.2 Å². The summed E-state index contributed by atoms with van der Waals surface area (Å²) in [4.78, 5) is 31.1. The van der Waals surface area contributed by atoms with Crippen LogP contribution in [0.5, 0.6) is 0 Å². The first-order valence-electron chi connectivity index (χ1n) is 10.1. The Labute approximate surface area is 164 Å². The summed E-state index contributed by atoms with van der Waals surface area (Å²) in [6.07, 6.45) is 4.10. The zero-order valence-electron chi connectivity index (χ0n) is 16.4. The average Bonchev–Trinajstić information content (AvgIpc) is 3.11. The van der Waals surface area contributed by atoms with E-state index in [0.29, 0.717) is 19.3 Å². The smallest absolute Gasteiger partial charge is 0.323 e. The van der Waals surface area contributed by atoms with Gasteiger partial charge in [-0.3, -0.25) is 14.5 Å². The summed E-state index contributed by atoms with van der Waals surface area (Å²) < 4.78 is 11.2. The van der Waals surface area contributed by atoms with Gasteiger partial charge in [0.25, 0.3) is 0 Å². The number of Topliss-reactive ketones (excluding diaryl/α,β-unsaturated/α-hetero) is 1. The van der Waals surface area contributed by atoms with Gasteiger partial charge in [-0.2, -0.15) is 0 Å². The minimum atomic E-state index is -0.396. The van der Waals surface area contributed by atoms with Gasteiger partial charge in [-0.25, -0.2) is 0 Å². The highest BCUT2D eigenvalue weighted by atomic mass is 16.5. The van der Waals surface area contributed by atoms with Crippen LogP contribution in [-0.2, 0) is 25.5 Å². The second-order valence-electron chi connectivity index (χ2n) is 8.34. The van der Waals surface area contributed by atoms with Crippen molar-refractivity contribution in [3.63, 3.8) is 0 Å². The largest absolute Gasteiger partial charge is 0.468 e. The molecule has 1 aromatic carbocycles. The van der Waals surface area contributed by atoms with Crippen LogP contribution in [0.15, 0.2) is 24.3 Å². The third-order valence-electron chi connectivity index (χ3n) is 7.23. The molecule has 1 aromatic heterocycles. The lowest BCUT2D eigenvalue weighted by atomic mass is 9.69. The van der Waals surface area contributed by atoms with Crippen LogP contribution in [0.2, 0.25) is 0 Å². The zero-order valence-corrected chi connectivity index (χ0v) is 16.4. The molecule has 148 valence electrons. The molecule has 2 fully saturated rings. The molecule has 0 unspecified atom stereocenters. The number of rotatable bonds is 2. The number of carbonyl (C=O) groups is 2. The quantitative estimate of drug-likeness (QED) is 0.809. The third kappa shape index (κ3) is 2.40. The SMILES string of the molecule is COC(=O)[C@@H]1Cc2c([nH]c3ccccc23)[C@@H]2CC[C@@]3(OC)CCC(=O)C[C@H]3N12. The fraction of sp³-hybridized carbons (Fsp3) is 0.545. The first-order valence-corrected chi connectivity index (χ1v) is 10.1. The van der Waals surface area contributed by atoms with E-state index in [1.807, 2.05) is 12.1 Å². The molecule has 1 N–H and O–H groups in total. The van der Waals surface area contributed by atoms with Crippen LogP contribution in [-0.4, -0.2) is 53.5 Å². The number of carbonyl (C=O) groups excluding carboxylic acids is 2. The molecule has 2 aliphatic heterocycles. The van der Waals surface area contributed by atoms with E-state index in [-0.39, 0.29) is 29.4 Å². The number of aromatic nitrogens is 1. The Hall–Kier alpha value is -2.18. The number of esters is 1. The van der Waals surface area contributed by atoms with Gasteiger partial charge in [0.15, 0.2) is 0 Å². The highest BCUT2D eigenvalue weighted by Crippen LogP contribution is 2.51. The van der Waals surface area contributed by atoms with Crippen molar-refractivity contribution in [2.45, 2.75) is 62.3 Å². The maximum absolute atomic E-state index is 12.8. The van der Waals surface area contributed by atoms with Gasteiger partial charge in [0, 0.05) is 49.0 Å². The minimum Gasteiger partial charge on any atom is -0.468 e. The monoisotopic (exact) mass is 382 g/mol. The number of para-hydroxylation sites is 1. The number of nitrogens with one attached hydrogen (secondary N) is 1. The summed E-state index contributed by atoms with van der Waals surface area (Å²) in [5.74, 6) is 0.0234. The molecule has 28 heavy (non-hydrogen) atoms. The first-order chi connectivity index (χ1) is 13.6. The number of nitrogens with zero attached hydrogens (tertiary/aromatic N) is 1. The van der Waals surface area contributed by atoms with Crippen molar-refractivity contribution >= 4 is 22.7 Å². The van der Waals surface area contributed by atoms with E-state index in [2.05, 4.69) is 22.0 Å². The van der Waals surface area contributed by atoms with E-state index < -0.39 is 6.04 Å². The van der Waals surface area contributed by atoms with Crippen LogP contribution in [0, 0.1) is 0 Å². The van der Waals surface area contributed by atoms with E-state index in [9.17, 15) is 9.59 Å². The maximum Gasteiger partial charge on any atom is 0.323 e. The number of fused-ring (bicyclic) bond motifs is 7. The Kier molecular flexibility index (Phi) is 4.10. The van der Waals surface area contributed by atoms with Crippen LogP contribution in [0.1, 0.15) is 49.4 Å². The Balaban J connectivity index is 1.66. The Morgan fingerprint density at radius 1 is 1.21 bits per heavy atom. The Morgan fingerprint density at radius 2 is 2.04 bits per heavy atom. The fourth-order valence-electron chi connectivity index (χ4n) is 5.87. The number of aromatic amines is 1. The standard InChI is InChI=1S/C22H26N2O4/c1-27-21(26)18-12-15-14-5-3-4-6-16(14)23-20(15)17-8-10-22(28-2)9-7-13(25)11-19(22)24(17)18/h3-6,17-19,23H,7-12H2,1-2H3/t17-,18-,19+,22-/m0/s1. The molecule has 2 aromatic rings. The molecule has 6 heteroatoms. The topological polar surface area (TPSA) is 71.6 Å². The molecular formula is C22H26N2O4. The molecule has 4 atom stereocenters. The van der Waals surface area contributed by atoms with Crippen LogP contribution in [0.4, 0.5) is 0 Å². The number of hydrogen-bond acceptors (Lipinski definition) is 5. The van der Waals surface area contributed by atoms with Gasteiger partial charge < -0.3 is 14.5 Å². The molecule has 6 nitrogen and oxygen atoms in total. The molecule has 1 aliphatic carbocycles. The lowest BCUT2D eigenvalue weighted by molar-refractivity contribution is -0.179. The van der Waals surface area contributed by atoms with Crippen molar-refractivity contribution in [3.05, 3.63) is 35.5 Å². The fourth-order valence-corrected chi connectivity index (χ4v) is 5.87. The summed E-state index contributed by atoms with van der Waals surface area (Å²) in [6, 6.07) is 7.83. The lowest BCUT2D eigenvalue weighted by Crippen LogP contribution is -2.66. The molecule has 3 heterocycles. The summed E-state index contributed by atoms with van der Waals surface area (Å²) >= 11 is 0. The second kappa shape index (κ2) is 6.42. The highest BCUT2D eigenvalue weighted by Gasteiger charge is 2.56. The average molecular weight is 382 g/mol. The molecule has 5 rings (SSSR count). The minimum absolute atomic E-state index is 0.0689. The first kappa shape index (κ1) is 17.9. The van der Waals surface area contributed by atoms with Crippen molar-refractivity contribution in [2.24, 2.45) is 0 Å². The summed E-state index contributed by atoms with van der Waals surface area (Å²) in [7, 11) is 3.19. The lowest BCUT2D eigenvalue weighted by Gasteiger charge is -2.57. The molecule has 1 saturated carbocycles. The predicted molar refractivity (Wildman–Crippen MR) is 104 cm³/mol. The second-order valence-corrected chi connectivity index (χ2v) is 8.34. The van der Waals surface area contributed by atoms with E-state index in [1.54, 1.807) is 7.11 Å². The van der Waals surface area contributed by atoms with Crippen molar-refractivity contribution < 1.29 is 19.1 Å². The third-order valence-corrected chi connectivity index (χ3v) is 7.23. The van der Waals surface area contributed by atoms with Gasteiger partial charge in [0.2, 0.25) is 0 Å². The molecule has 0 amide bonds. The summed E-state index contributed by atoms with van der Waals surface area (Å²) in [5.41, 5.74) is 3.13. The van der Waals surface area contributed by atoms with Crippen molar-refractivity contribution in [3.8, 4) is 0 Å². The van der Waals surface area contributed by atoms with Crippen LogP contribution < -0.4 is 0 Å². The number of hydrogen-bond donors (Lipinski definition) is 1. The number of H-pyrrole nitrogens is 1. The van der Waals surface area contributed by atoms with Crippen LogP contribution >= 0.6 is 0 Å². The van der Waals surface area contributed by atoms with E-state index >= 15 is 0 Å². The normalized spacial score (nSPS) is 32.5. The zero-order chi connectivity index (χ0) is 19.5.